The van der Waals surface area contributed by atoms with Crippen LogP contribution in [0.2, 0.25) is 0 Å². The summed E-state index contributed by atoms with van der Waals surface area (Å²) in [5.41, 5.74) is 0. The van der Waals surface area contributed by atoms with Gasteiger partial charge < -0.3 is 5.11 Å². The third-order valence-corrected chi connectivity index (χ3v) is 1.49. The van der Waals surface area contributed by atoms with Crippen molar-refractivity contribution >= 4 is 5.97 Å². The van der Waals surface area contributed by atoms with Crippen molar-refractivity contribution in [2.75, 3.05) is 0 Å². The second-order valence-corrected chi connectivity index (χ2v) is 2.11. The van der Waals surface area contributed by atoms with E-state index in [1.54, 1.807) is 0 Å². The van der Waals surface area contributed by atoms with Gasteiger partial charge in [-0.3, -0.25) is 0 Å². The molecule has 0 radical (unpaired) electrons. The van der Waals surface area contributed by atoms with Crippen LogP contribution in [0.25, 0.3) is 0 Å². The molecule has 0 aromatic heterocycles. The summed E-state index contributed by atoms with van der Waals surface area (Å²) in [6, 6.07) is 0. The lowest BCUT2D eigenvalue weighted by Crippen LogP contribution is -2.08. The molecule has 1 rings (SSSR count). The van der Waals surface area contributed by atoms with E-state index < -0.39 is 5.97 Å². The Hall–Kier alpha value is -0.660. The molecule has 0 bridgehead atoms. The Morgan fingerprint density at radius 3 is 2.75 bits per heavy atom. The van der Waals surface area contributed by atoms with Crippen LogP contribution in [-0.4, -0.2) is 11.1 Å². The highest BCUT2D eigenvalue weighted by Crippen LogP contribution is 2.23. The number of carbonyl (C=O) groups is 1. The summed E-state index contributed by atoms with van der Waals surface area (Å²) in [4.78, 5) is 10.2. The third-order valence-electron chi connectivity index (χ3n) is 1.49. The minimum Gasteiger partial charge on any atom is -0.478 e. The SMILES string of the molecule is O=C(O)C1[CH+]CCC1. The molecule has 1 aliphatic carbocycles. The molecule has 2 heteroatoms. The number of rotatable bonds is 1. The molecule has 2 nitrogen and oxygen atoms in total. The summed E-state index contributed by atoms with van der Waals surface area (Å²) in [5, 5.41) is 8.38. The van der Waals surface area contributed by atoms with E-state index in [2.05, 4.69) is 0 Å². The Bertz CT molecular complexity index is 92.7. The van der Waals surface area contributed by atoms with Gasteiger partial charge in [-0.25, -0.2) is 4.79 Å². The van der Waals surface area contributed by atoms with Gasteiger partial charge in [-0.05, 0) is 6.42 Å². The van der Waals surface area contributed by atoms with E-state index in [-0.39, 0.29) is 5.92 Å². The maximum atomic E-state index is 10.2. The Morgan fingerprint density at radius 2 is 2.50 bits per heavy atom. The smallest absolute Gasteiger partial charge is 0.352 e. The molecular weight excluding hydrogens is 104 g/mol. The van der Waals surface area contributed by atoms with Gasteiger partial charge in [0.1, 0.15) is 0 Å². The number of aliphatic carboxylic acids is 1. The van der Waals surface area contributed by atoms with Crippen molar-refractivity contribution in [2.24, 2.45) is 5.92 Å². The van der Waals surface area contributed by atoms with E-state index >= 15 is 0 Å². The summed E-state index contributed by atoms with van der Waals surface area (Å²) < 4.78 is 0. The van der Waals surface area contributed by atoms with Gasteiger partial charge in [-0.1, -0.05) is 0 Å². The van der Waals surface area contributed by atoms with E-state index in [0.717, 1.165) is 19.3 Å². The van der Waals surface area contributed by atoms with Crippen molar-refractivity contribution in [3.05, 3.63) is 6.42 Å². The molecule has 0 aromatic carbocycles. The van der Waals surface area contributed by atoms with Crippen LogP contribution in [0.15, 0.2) is 0 Å². The number of carboxylic acid groups (broad SMARTS) is 1. The molecule has 8 heavy (non-hydrogen) atoms. The fraction of sp³-hybridized carbons (Fsp3) is 0.667. The Balaban J connectivity index is 2.35. The lowest BCUT2D eigenvalue weighted by atomic mass is 10.1. The number of hydrogen-bond donors (Lipinski definition) is 1. The van der Waals surface area contributed by atoms with Crippen LogP contribution in [-0.2, 0) is 4.79 Å². The normalized spacial score (nSPS) is 27.2. The lowest BCUT2D eigenvalue weighted by molar-refractivity contribution is -0.140. The lowest BCUT2D eigenvalue weighted by Gasteiger charge is -1.88. The van der Waals surface area contributed by atoms with Crippen LogP contribution in [0, 0.1) is 12.3 Å². The molecular formula is C6H9O2+. The first-order valence-corrected chi connectivity index (χ1v) is 2.87. The topological polar surface area (TPSA) is 37.3 Å². The van der Waals surface area contributed by atoms with Gasteiger partial charge in [0.2, 0.25) is 0 Å². The fourth-order valence-corrected chi connectivity index (χ4v) is 0.999. The van der Waals surface area contributed by atoms with Gasteiger partial charge in [0, 0.05) is 6.42 Å². The van der Waals surface area contributed by atoms with Crippen molar-refractivity contribution in [3.63, 3.8) is 0 Å². The van der Waals surface area contributed by atoms with Crippen molar-refractivity contribution in [2.45, 2.75) is 19.3 Å². The summed E-state index contributed by atoms with van der Waals surface area (Å²) in [6.45, 7) is 0. The predicted octanol–water partition coefficient (Wildman–Crippen LogP) is 1.08. The second kappa shape index (κ2) is 2.07. The standard InChI is InChI=1S/C6H8O2/c7-6(8)5-3-1-2-4-5/h3,5H,1-2,4H2/p+1. The minimum atomic E-state index is -0.664. The van der Waals surface area contributed by atoms with E-state index in [1.807, 2.05) is 6.42 Å². The van der Waals surface area contributed by atoms with E-state index in [4.69, 9.17) is 5.11 Å². The molecule has 1 unspecified atom stereocenters. The number of hydrogen-bond acceptors (Lipinski definition) is 1. The molecule has 44 valence electrons. The van der Waals surface area contributed by atoms with E-state index in [9.17, 15) is 4.79 Å². The van der Waals surface area contributed by atoms with Crippen molar-refractivity contribution in [1.82, 2.24) is 0 Å². The van der Waals surface area contributed by atoms with Crippen molar-refractivity contribution < 1.29 is 9.90 Å². The first kappa shape index (κ1) is 5.48. The van der Waals surface area contributed by atoms with Crippen molar-refractivity contribution in [3.8, 4) is 0 Å². The highest BCUT2D eigenvalue weighted by atomic mass is 16.4. The zero-order valence-corrected chi connectivity index (χ0v) is 4.63. The third kappa shape index (κ3) is 0.941. The van der Waals surface area contributed by atoms with Gasteiger partial charge >= 0.3 is 5.97 Å². The highest BCUT2D eigenvalue weighted by molar-refractivity contribution is 5.71. The second-order valence-electron chi connectivity index (χ2n) is 2.11. The number of carboxylic acids is 1. The molecule has 1 atom stereocenters. The zero-order valence-electron chi connectivity index (χ0n) is 4.63. The van der Waals surface area contributed by atoms with Crippen molar-refractivity contribution in [1.29, 1.82) is 0 Å². The maximum absolute atomic E-state index is 10.2. The summed E-state index contributed by atoms with van der Waals surface area (Å²) in [7, 11) is 0. The molecule has 0 heterocycles. The first-order chi connectivity index (χ1) is 3.80. The van der Waals surface area contributed by atoms with E-state index in [1.165, 1.54) is 0 Å². The highest BCUT2D eigenvalue weighted by Gasteiger charge is 2.30. The molecule has 0 aromatic rings. The maximum Gasteiger partial charge on any atom is 0.352 e. The Morgan fingerprint density at radius 1 is 1.75 bits per heavy atom. The monoisotopic (exact) mass is 113 g/mol. The quantitative estimate of drug-likeness (QED) is 0.516. The van der Waals surface area contributed by atoms with Gasteiger partial charge in [0.25, 0.3) is 0 Å². The van der Waals surface area contributed by atoms with E-state index in [0.29, 0.717) is 0 Å². The van der Waals surface area contributed by atoms with Crippen LogP contribution in [0.1, 0.15) is 19.3 Å². The molecule has 0 amide bonds. The summed E-state index contributed by atoms with van der Waals surface area (Å²) in [6.07, 6.45) is 4.76. The fourth-order valence-electron chi connectivity index (χ4n) is 0.999. The molecule has 0 saturated heterocycles. The average molecular weight is 113 g/mol. The average Bonchev–Trinajstić information content (AvgIpc) is 2.12. The van der Waals surface area contributed by atoms with Gasteiger partial charge in [0.15, 0.2) is 5.92 Å². The minimum absolute atomic E-state index is 0.144. The molecule has 0 spiro atoms. The Kier molecular flexibility index (Phi) is 1.42. The summed E-state index contributed by atoms with van der Waals surface area (Å²) >= 11 is 0. The van der Waals surface area contributed by atoms with Crippen LogP contribution < -0.4 is 0 Å². The Labute approximate surface area is 48.5 Å². The van der Waals surface area contributed by atoms with Crippen LogP contribution in [0.5, 0.6) is 0 Å². The largest absolute Gasteiger partial charge is 0.478 e. The van der Waals surface area contributed by atoms with Crippen LogP contribution >= 0.6 is 0 Å². The molecule has 1 aliphatic rings. The van der Waals surface area contributed by atoms with Gasteiger partial charge in [-0.15, -0.1) is 0 Å². The zero-order chi connectivity index (χ0) is 5.98. The van der Waals surface area contributed by atoms with Crippen LogP contribution in [0.3, 0.4) is 0 Å². The predicted molar refractivity (Wildman–Crippen MR) is 29.3 cm³/mol. The first-order valence-electron chi connectivity index (χ1n) is 2.87. The molecule has 1 N–H and O–H groups in total. The van der Waals surface area contributed by atoms with Gasteiger partial charge in [-0.2, -0.15) is 0 Å². The summed E-state index contributed by atoms with van der Waals surface area (Å²) in [5.74, 6) is -0.808. The molecule has 0 aliphatic heterocycles. The molecule has 1 saturated carbocycles. The van der Waals surface area contributed by atoms with Crippen LogP contribution in [0.4, 0.5) is 0 Å². The van der Waals surface area contributed by atoms with Gasteiger partial charge in [0.05, 0.1) is 12.8 Å². The molecule has 1 fully saturated rings.